The molecule has 1 amide bonds. The van der Waals surface area contributed by atoms with Crippen molar-refractivity contribution >= 4 is 22.7 Å². The Balaban J connectivity index is 1.63. The van der Waals surface area contributed by atoms with Crippen LogP contribution in [0.15, 0.2) is 52.9 Å². The van der Waals surface area contributed by atoms with E-state index in [0.29, 0.717) is 48.7 Å². The molecule has 4 rings (SSSR count). The summed E-state index contributed by atoms with van der Waals surface area (Å²) in [5.41, 5.74) is 2.62. The molecule has 1 N–H and O–H groups in total. The number of oxazole rings is 1. The molecule has 1 atom stereocenters. The van der Waals surface area contributed by atoms with E-state index in [1.54, 1.807) is 6.92 Å². The number of hydrogen-bond donors (Lipinski definition) is 1. The lowest BCUT2D eigenvalue weighted by Gasteiger charge is -2.26. The highest BCUT2D eigenvalue weighted by Gasteiger charge is 2.42. The van der Waals surface area contributed by atoms with E-state index in [2.05, 4.69) is 22.4 Å². The Bertz CT molecular complexity index is 896. The zero-order valence-electron chi connectivity index (χ0n) is 14.1. The second-order valence-electron chi connectivity index (χ2n) is 6.58. The maximum absolute atomic E-state index is 13.1. The number of amides is 1. The van der Waals surface area contributed by atoms with Gasteiger partial charge in [0, 0.05) is 13.5 Å². The third kappa shape index (κ3) is 3.03. The zero-order chi connectivity index (χ0) is 17.3. The summed E-state index contributed by atoms with van der Waals surface area (Å²) in [6.45, 7) is 2.84. The highest BCUT2D eigenvalue weighted by Crippen LogP contribution is 2.35. The maximum atomic E-state index is 13.1. The van der Waals surface area contributed by atoms with Crippen molar-refractivity contribution in [2.24, 2.45) is 5.41 Å². The van der Waals surface area contributed by atoms with E-state index in [4.69, 9.17) is 9.15 Å². The van der Waals surface area contributed by atoms with Crippen LogP contribution in [0.1, 0.15) is 17.9 Å². The number of nitrogens with zero attached hydrogens (tertiary/aromatic N) is 1. The lowest BCUT2D eigenvalue weighted by molar-refractivity contribution is -0.125. The first-order chi connectivity index (χ1) is 12.2. The summed E-state index contributed by atoms with van der Waals surface area (Å²) < 4.78 is 11.1. The van der Waals surface area contributed by atoms with Crippen molar-refractivity contribution in [1.82, 2.24) is 4.98 Å². The minimum absolute atomic E-state index is 0.0259. The minimum atomic E-state index is -0.553. The molecule has 0 bridgehead atoms. The predicted octanol–water partition coefficient (Wildman–Crippen LogP) is 3.72. The molecule has 0 aliphatic carbocycles. The van der Waals surface area contributed by atoms with E-state index in [1.165, 1.54) is 0 Å². The van der Waals surface area contributed by atoms with E-state index in [0.717, 1.165) is 5.56 Å². The van der Waals surface area contributed by atoms with Crippen LogP contribution in [-0.2, 0) is 16.0 Å². The molecule has 25 heavy (non-hydrogen) atoms. The van der Waals surface area contributed by atoms with Crippen molar-refractivity contribution in [3.8, 4) is 0 Å². The van der Waals surface area contributed by atoms with Crippen molar-refractivity contribution in [3.63, 3.8) is 0 Å². The third-order valence-electron chi connectivity index (χ3n) is 4.74. The lowest BCUT2D eigenvalue weighted by atomic mass is 9.80. The average molecular weight is 336 g/mol. The first-order valence-corrected chi connectivity index (χ1v) is 8.46. The Morgan fingerprint density at radius 1 is 1.20 bits per heavy atom. The van der Waals surface area contributed by atoms with E-state index in [9.17, 15) is 4.79 Å². The van der Waals surface area contributed by atoms with Crippen molar-refractivity contribution in [1.29, 1.82) is 0 Å². The highest BCUT2D eigenvalue weighted by molar-refractivity contribution is 6.01. The van der Waals surface area contributed by atoms with Gasteiger partial charge in [0.2, 0.25) is 5.91 Å². The fraction of sp³-hybridized carbons (Fsp3) is 0.300. The van der Waals surface area contributed by atoms with Crippen LogP contribution in [0.25, 0.3) is 11.1 Å². The summed E-state index contributed by atoms with van der Waals surface area (Å²) in [5, 5.41) is 3.06. The third-order valence-corrected chi connectivity index (χ3v) is 4.74. The van der Waals surface area contributed by atoms with Gasteiger partial charge in [-0.3, -0.25) is 4.79 Å². The summed E-state index contributed by atoms with van der Waals surface area (Å²) in [5.74, 6) is 0.557. The quantitative estimate of drug-likeness (QED) is 0.788. The van der Waals surface area contributed by atoms with Gasteiger partial charge in [0.1, 0.15) is 5.52 Å². The second-order valence-corrected chi connectivity index (χ2v) is 6.58. The lowest BCUT2D eigenvalue weighted by Crippen LogP contribution is -2.38. The molecule has 3 aromatic rings. The second kappa shape index (κ2) is 6.33. The number of fused-ring (bicyclic) bond motifs is 1. The summed E-state index contributed by atoms with van der Waals surface area (Å²) >= 11 is 0. The molecule has 1 aliphatic rings. The molecule has 5 nitrogen and oxygen atoms in total. The van der Waals surface area contributed by atoms with Gasteiger partial charge in [0.05, 0.1) is 17.7 Å². The molecular formula is C20H20N2O3. The number of ether oxygens (including phenoxy) is 1. The van der Waals surface area contributed by atoms with Crippen LogP contribution in [0.5, 0.6) is 0 Å². The van der Waals surface area contributed by atoms with Crippen LogP contribution in [0.4, 0.5) is 5.69 Å². The van der Waals surface area contributed by atoms with Gasteiger partial charge in [-0.2, -0.15) is 0 Å². The Kier molecular flexibility index (Phi) is 4.01. The standard InChI is InChI=1S/C20H20N2O3/c1-14-21-18-16(8-5-9-17(18)25-14)22-19(23)20(10-11-24-13-20)12-15-6-3-2-4-7-15/h2-9H,10-13H2,1H3,(H,22,23). The molecule has 1 saturated heterocycles. The van der Waals surface area contributed by atoms with Crippen molar-refractivity contribution in [3.05, 3.63) is 60.0 Å². The van der Waals surface area contributed by atoms with E-state index in [1.807, 2.05) is 36.4 Å². The van der Waals surface area contributed by atoms with Gasteiger partial charge < -0.3 is 14.5 Å². The number of benzene rings is 2. The monoisotopic (exact) mass is 336 g/mol. The Morgan fingerprint density at radius 2 is 2.04 bits per heavy atom. The SMILES string of the molecule is Cc1nc2c(NC(=O)C3(Cc4ccccc4)CCOC3)cccc2o1. The molecule has 0 radical (unpaired) electrons. The summed E-state index contributed by atoms with van der Waals surface area (Å²) in [7, 11) is 0. The Morgan fingerprint density at radius 3 is 2.80 bits per heavy atom. The van der Waals surface area contributed by atoms with Gasteiger partial charge in [0.15, 0.2) is 11.5 Å². The molecular weight excluding hydrogens is 316 g/mol. The number of rotatable bonds is 4. The van der Waals surface area contributed by atoms with Gasteiger partial charge in [-0.05, 0) is 30.5 Å². The fourth-order valence-corrected chi connectivity index (χ4v) is 3.41. The Hall–Kier alpha value is -2.66. The van der Waals surface area contributed by atoms with Gasteiger partial charge >= 0.3 is 0 Å². The van der Waals surface area contributed by atoms with Gasteiger partial charge in [-0.1, -0.05) is 36.4 Å². The molecule has 1 aromatic heterocycles. The average Bonchev–Trinajstić information content (AvgIpc) is 3.23. The van der Waals surface area contributed by atoms with Gasteiger partial charge in [0.25, 0.3) is 0 Å². The number of nitrogens with one attached hydrogen (secondary N) is 1. The van der Waals surface area contributed by atoms with Gasteiger partial charge in [-0.25, -0.2) is 4.98 Å². The number of aryl methyl sites for hydroxylation is 1. The number of aromatic nitrogens is 1. The molecule has 0 spiro atoms. The Labute approximate surface area is 146 Å². The zero-order valence-corrected chi connectivity index (χ0v) is 14.1. The number of para-hydroxylation sites is 1. The number of carbonyl (C=O) groups is 1. The van der Waals surface area contributed by atoms with Crippen molar-refractivity contribution in [2.75, 3.05) is 18.5 Å². The number of carbonyl (C=O) groups excluding carboxylic acids is 1. The molecule has 1 unspecified atom stereocenters. The van der Waals surface area contributed by atoms with Gasteiger partial charge in [-0.15, -0.1) is 0 Å². The van der Waals surface area contributed by atoms with Crippen LogP contribution in [0.2, 0.25) is 0 Å². The molecule has 128 valence electrons. The molecule has 0 saturated carbocycles. The maximum Gasteiger partial charge on any atom is 0.233 e. The highest BCUT2D eigenvalue weighted by atomic mass is 16.5. The molecule has 2 aromatic carbocycles. The van der Waals surface area contributed by atoms with E-state index >= 15 is 0 Å². The van der Waals surface area contributed by atoms with E-state index < -0.39 is 5.41 Å². The normalized spacial score (nSPS) is 20.0. The van der Waals surface area contributed by atoms with Crippen LogP contribution in [-0.4, -0.2) is 24.1 Å². The minimum Gasteiger partial charge on any atom is -0.441 e. The van der Waals surface area contributed by atoms with Crippen LogP contribution in [0.3, 0.4) is 0 Å². The molecule has 1 fully saturated rings. The first kappa shape index (κ1) is 15.8. The van der Waals surface area contributed by atoms with Crippen LogP contribution >= 0.6 is 0 Å². The van der Waals surface area contributed by atoms with Crippen molar-refractivity contribution in [2.45, 2.75) is 19.8 Å². The smallest absolute Gasteiger partial charge is 0.233 e. The number of anilines is 1. The molecule has 2 heterocycles. The van der Waals surface area contributed by atoms with Crippen molar-refractivity contribution < 1.29 is 13.9 Å². The number of hydrogen-bond acceptors (Lipinski definition) is 4. The molecule has 5 heteroatoms. The van der Waals surface area contributed by atoms with E-state index in [-0.39, 0.29) is 5.91 Å². The molecule has 1 aliphatic heterocycles. The summed E-state index contributed by atoms with van der Waals surface area (Å²) in [6, 6.07) is 15.6. The van der Waals surface area contributed by atoms with Crippen LogP contribution in [0, 0.1) is 12.3 Å². The summed E-state index contributed by atoms with van der Waals surface area (Å²) in [4.78, 5) is 17.5. The first-order valence-electron chi connectivity index (χ1n) is 8.46. The largest absolute Gasteiger partial charge is 0.441 e. The summed E-state index contributed by atoms with van der Waals surface area (Å²) in [6.07, 6.45) is 1.37. The van der Waals surface area contributed by atoms with Crippen LogP contribution < -0.4 is 5.32 Å². The predicted molar refractivity (Wildman–Crippen MR) is 95.4 cm³/mol. The topological polar surface area (TPSA) is 64.4 Å². The fourth-order valence-electron chi connectivity index (χ4n) is 3.41.